The predicted molar refractivity (Wildman–Crippen MR) is 133 cm³/mol. The zero-order chi connectivity index (χ0) is 24.2. The predicted octanol–water partition coefficient (Wildman–Crippen LogP) is 5.48. The molecule has 1 fully saturated rings. The fraction of sp³-hybridized carbons (Fsp3) is 0.185. The number of rotatable bonds is 7. The molecule has 0 radical (unpaired) electrons. The number of amides is 1. The van der Waals surface area contributed by atoms with Gasteiger partial charge in [-0.25, -0.2) is 0 Å². The number of carbonyl (C=O) groups excluding carboxylic acids is 2. The summed E-state index contributed by atoms with van der Waals surface area (Å²) >= 11 is 3.41. The van der Waals surface area contributed by atoms with Crippen molar-refractivity contribution in [1.82, 2.24) is 4.90 Å². The zero-order valence-corrected chi connectivity index (χ0v) is 20.4. The fourth-order valence-electron chi connectivity index (χ4n) is 4.05. The third-order valence-corrected chi connectivity index (χ3v) is 6.29. The summed E-state index contributed by atoms with van der Waals surface area (Å²) in [5.41, 5.74) is 2.05. The van der Waals surface area contributed by atoms with Crippen LogP contribution in [0.15, 0.2) is 82.8 Å². The first kappa shape index (κ1) is 23.6. The second-order valence-corrected chi connectivity index (χ2v) is 8.62. The maximum absolute atomic E-state index is 13.2. The molecule has 0 aliphatic carbocycles. The Kier molecular flexibility index (Phi) is 7.03. The number of aliphatic hydroxyl groups excluding tert-OH is 1. The molecular weight excluding hydrogens is 498 g/mol. The number of aliphatic hydroxyl groups is 1. The van der Waals surface area contributed by atoms with Crippen LogP contribution in [0.2, 0.25) is 0 Å². The van der Waals surface area contributed by atoms with Crippen LogP contribution in [-0.4, -0.2) is 35.4 Å². The van der Waals surface area contributed by atoms with Crippen LogP contribution in [0.4, 0.5) is 0 Å². The van der Waals surface area contributed by atoms with Gasteiger partial charge in [0.05, 0.1) is 29.8 Å². The number of likely N-dealkylation sites (tertiary alicyclic amines) is 1. The first-order chi connectivity index (χ1) is 16.4. The Morgan fingerprint density at radius 1 is 1.03 bits per heavy atom. The van der Waals surface area contributed by atoms with E-state index in [1.54, 1.807) is 25.3 Å². The maximum Gasteiger partial charge on any atom is 0.295 e. The Hall–Kier alpha value is -3.58. The smallest absolute Gasteiger partial charge is 0.295 e. The molecule has 1 amide bonds. The minimum atomic E-state index is -0.728. The summed E-state index contributed by atoms with van der Waals surface area (Å²) in [4.78, 5) is 27.8. The van der Waals surface area contributed by atoms with Gasteiger partial charge in [0.1, 0.15) is 17.3 Å². The van der Waals surface area contributed by atoms with Gasteiger partial charge in [-0.2, -0.15) is 0 Å². The van der Waals surface area contributed by atoms with E-state index in [0.29, 0.717) is 22.4 Å². The molecule has 0 saturated carbocycles. The highest BCUT2D eigenvalue weighted by molar-refractivity contribution is 9.10. The van der Waals surface area contributed by atoms with Crippen LogP contribution in [0.1, 0.15) is 29.7 Å². The molecule has 1 unspecified atom stereocenters. The van der Waals surface area contributed by atoms with Crippen LogP contribution < -0.4 is 9.47 Å². The van der Waals surface area contributed by atoms with Crippen molar-refractivity contribution in [3.05, 3.63) is 99.5 Å². The highest BCUT2D eigenvalue weighted by Crippen LogP contribution is 2.41. The van der Waals surface area contributed by atoms with Gasteiger partial charge < -0.3 is 19.5 Å². The lowest BCUT2D eigenvalue weighted by Gasteiger charge is -2.25. The lowest BCUT2D eigenvalue weighted by Crippen LogP contribution is -2.29. The summed E-state index contributed by atoms with van der Waals surface area (Å²) in [5.74, 6) is -0.282. The molecule has 3 aromatic rings. The van der Waals surface area contributed by atoms with Crippen LogP contribution in [0.3, 0.4) is 0 Å². The topological polar surface area (TPSA) is 76.1 Å². The summed E-state index contributed by atoms with van der Waals surface area (Å²) in [6.07, 6.45) is 0. The molecule has 6 nitrogen and oxygen atoms in total. The van der Waals surface area contributed by atoms with Gasteiger partial charge in [-0.3, -0.25) is 9.59 Å². The van der Waals surface area contributed by atoms with Gasteiger partial charge in [0.15, 0.2) is 0 Å². The van der Waals surface area contributed by atoms with E-state index in [2.05, 4.69) is 15.9 Å². The molecule has 34 heavy (non-hydrogen) atoms. The standard InChI is InChI=1S/C27H24BrNO5/c1-3-34-20-12-9-17(10-13-20)16-29-24(18-7-5-4-6-8-18)23(26(31)27(29)32)25(30)19-11-14-22(33-2)21(28)15-19/h4-15,24,30H,3,16H2,1-2H3/b25-23-. The summed E-state index contributed by atoms with van der Waals surface area (Å²) in [6.45, 7) is 2.68. The summed E-state index contributed by atoms with van der Waals surface area (Å²) in [5, 5.41) is 11.2. The summed E-state index contributed by atoms with van der Waals surface area (Å²) in [6, 6.07) is 20.9. The Bertz CT molecular complexity index is 1240. The number of ketones is 1. The van der Waals surface area contributed by atoms with E-state index in [0.717, 1.165) is 16.9 Å². The number of halogens is 1. The first-order valence-corrected chi connectivity index (χ1v) is 11.6. The molecular formula is C27H24BrNO5. The molecule has 1 atom stereocenters. The van der Waals surface area contributed by atoms with Crippen molar-refractivity contribution in [3.8, 4) is 11.5 Å². The molecule has 174 valence electrons. The van der Waals surface area contributed by atoms with Crippen LogP contribution in [0.5, 0.6) is 11.5 Å². The lowest BCUT2D eigenvalue weighted by molar-refractivity contribution is -0.140. The molecule has 1 saturated heterocycles. The third-order valence-electron chi connectivity index (χ3n) is 5.67. The van der Waals surface area contributed by atoms with E-state index < -0.39 is 17.7 Å². The summed E-state index contributed by atoms with van der Waals surface area (Å²) in [7, 11) is 1.54. The van der Waals surface area contributed by atoms with Crippen molar-refractivity contribution >= 4 is 33.4 Å². The van der Waals surface area contributed by atoms with Gasteiger partial charge in [-0.05, 0) is 64.3 Å². The molecule has 7 heteroatoms. The molecule has 3 aromatic carbocycles. The van der Waals surface area contributed by atoms with Gasteiger partial charge in [0, 0.05) is 12.1 Å². The zero-order valence-electron chi connectivity index (χ0n) is 18.8. The Balaban J connectivity index is 1.78. The average Bonchev–Trinajstić information content (AvgIpc) is 3.10. The number of Topliss-reactive ketones (excluding diaryl/α,β-unsaturated/α-hetero) is 1. The molecule has 1 heterocycles. The van der Waals surface area contributed by atoms with Crippen molar-refractivity contribution < 1.29 is 24.2 Å². The van der Waals surface area contributed by atoms with Crippen molar-refractivity contribution in [2.75, 3.05) is 13.7 Å². The van der Waals surface area contributed by atoms with Crippen molar-refractivity contribution in [2.24, 2.45) is 0 Å². The number of nitrogens with zero attached hydrogens (tertiary/aromatic N) is 1. The lowest BCUT2D eigenvalue weighted by atomic mass is 9.95. The van der Waals surface area contributed by atoms with Crippen molar-refractivity contribution in [2.45, 2.75) is 19.5 Å². The normalized spacial score (nSPS) is 17.1. The maximum atomic E-state index is 13.2. The monoisotopic (exact) mass is 521 g/mol. The molecule has 0 spiro atoms. The average molecular weight is 522 g/mol. The molecule has 1 aliphatic rings. The second-order valence-electron chi connectivity index (χ2n) is 7.76. The Morgan fingerprint density at radius 2 is 1.74 bits per heavy atom. The molecule has 0 aromatic heterocycles. The first-order valence-electron chi connectivity index (χ1n) is 10.8. The van der Waals surface area contributed by atoms with Crippen LogP contribution in [-0.2, 0) is 16.1 Å². The third kappa shape index (κ3) is 4.56. The van der Waals surface area contributed by atoms with E-state index in [4.69, 9.17) is 9.47 Å². The molecule has 1 N–H and O–H groups in total. The number of hydrogen-bond acceptors (Lipinski definition) is 5. The van der Waals surface area contributed by atoms with Crippen molar-refractivity contribution in [1.29, 1.82) is 0 Å². The Morgan fingerprint density at radius 3 is 2.35 bits per heavy atom. The molecule has 4 rings (SSSR count). The van der Waals surface area contributed by atoms with E-state index in [1.807, 2.05) is 61.5 Å². The van der Waals surface area contributed by atoms with E-state index in [9.17, 15) is 14.7 Å². The van der Waals surface area contributed by atoms with Gasteiger partial charge in [0.2, 0.25) is 0 Å². The second kappa shape index (κ2) is 10.1. The highest BCUT2D eigenvalue weighted by Gasteiger charge is 2.46. The van der Waals surface area contributed by atoms with Crippen LogP contribution in [0, 0.1) is 0 Å². The molecule has 1 aliphatic heterocycles. The summed E-state index contributed by atoms with van der Waals surface area (Å²) < 4.78 is 11.4. The number of methoxy groups -OCH3 is 1. The minimum absolute atomic E-state index is 0.0548. The largest absolute Gasteiger partial charge is 0.507 e. The number of hydrogen-bond donors (Lipinski definition) is 1. The fourth-order valence-corrected chi connectivity index (χ4v) is 4.59. The number of benzene rings is 3. The van der Waals surface area contributed by atoms with Crippen LogP contribution in [0.25, 0.3) is 5.76 Å². The number of ether oxygens (including phenoxy) is 2. The quantitative estimate of drug-likeness (QED) is 0.253. The van der Waals surface area contributed by atoms with E-state index >= 15 is 0 Å². The minimum Gasteiger partial charge on any atom is -0.507 e. The van der Waals surface area contributed by atoms with Crippen molar-refractivity contribution in [3.63, 3.8) is 0 Å². The number of carbonyl (C=O) groups is 2. The molecule has 0 bridgehead atoms. The highest BCUT2D eigenvalue weighted by atomic mass is 79.9. The van der Waals surface area contributed by atoms with E-state index in [1.165, 1.54) is 4.90 Å². The van der Waals surface area contributed by atoms with E-state index in [-0.39, 0.29) is 17.9 Å². The Labute approximate surface area is 206 Å². The SMILES string of the molecule is CCOc1ccc(CN2C(=O)C(=O)/C(=C(\O)c3ccc(OC)c(Br)c3)C2c2ccccc2)cc1. The van der Waals surface area contributed by atoms with Gasteiger partial charge >= 0.3 is 0 Å². The van der Waals surface area contributed by atoms with Gasteiger partial charge in [-0.15, -0.1) is 0 Å². The van der Waals surface area contributed by atoms with Gasteiger partial charge in [-0.1, -0.05) is 42.5 Å². The van der Waals surface area contributed by atoms with Gasteiger partial charge in [0.25, 0.3) is 11.7 Å². The van der Waals surface area contributed by atoms with Crippen LogP contribution >= 0.6 is 15.9 Å².